The van der Waals surface area contributed by atoms with Crippen molar-refractivity contribution in [3.8, 4) is 0 Å². The first-order chi connectivity index (χ1) is 6.15. The average Bonchev–Trinajstić information content (AvgIpc) is 2.68. The Labute approximate surface area is 80.0 Å². The molecule has 0 radical (unpaired) electrons. The van der Waals surface area contributed by atoms with Gasteiger partial charge in [0, 0.05) is 0 Å². The summed E-state index contributed by atoms with van der Waals surface area (Å²) in [6, 6.07) is 0. The maximum Gasteiger partial charge on any atom is 0.315 e. The Morgan fingerprint density at radius 2 is 2.08 bits per heavy atom. The van der Waals surface area contributed by atoms with E-state index in [-0.39, 0.29) is 5.97 Å². The molecule has 0 aromatic heterocycles. The van der Waals surface area contributed by atoms with Crippen molar-refractivity contribution >= 4 is 5.97 Å². The van der Waals surface area contributed by atoms with Crippen LogP contribution in [0.4, 0.5) is 0 Å². The quantitative estimate of drug-likeness (QED) is 0.495. The molecule has 1 atom stereocenters. The standard InChI is InChI=1S/C11H18O2/c1-4-11(2,10(12)13-3)9-7-5-6-8-9/h4,9H,1,5-8H2,2-3H3/t11-/m1/s1. The van der Waals surface area contributed by atoms with Crippen molar-refractivity contribution in [3.05, 3.63) is 12.7 Å². The highest BCUT2D eigenvalue weighted by Crippen LogP contribution is 2.41. The van der Waals surface area contributed by atoms with E-state index in [1.165, 1.54) is 20.0 Å². The summed E-state index contributed by atoms with van der Waals surface area (Å²) in [7, 11) is 1.44. The molecular weight excluding hydrogens is 164 g/mol. The molecule has 74 valence electrons. The van der Waals surface area contributed by atoms with E-state index in [9.17, 15) is 4.79 Å². The maximum absolute atomic E-state index is 11.6. The van der Waals surface area contributed by atoms with Crippen molar-refractivity contribution in [2.24, 2.45) is 11.3 Å². The van der Waals surface area contributed by atoms with Gasteiger partial charge < -0.3 is 4.74 Å². The van der Waals surface area contributed by atoms with Crippen molar-refractivity contribution in [2.45, 2.75) is 32.6 Å². The Balaban J connectivity index is 2.78. The SMILES string of the molecule is C=C[C@@](C)(C(=O)OC)C1CCCC1. The lowest BCUT2D eigenvalue weighted by atomic mass is 9.76. The van der Waals surface area contributed by atoms with Gasteiger partial charge >= 0.3 is 5.97 Å². The molecule has 0 N–H and O–H groups in total. The molecule has 0 heterocycles. The number of rotatable bonds is 3. The fourth-order valence-electron chi connectivity index (χ4n) is 2.16. The molecule has 0 amide bonds. The highest BCUT2D eigenvalue weighted by atomic mass is 16.5. The van der Waals surface area contributed by atoms with Gasteiger partial charge in [0.2, 0.25) is 0 Å². The first-order valence-electron chi connectivity index (χ1n) is 4.87. The molecule has 1 rings (SSSR count). The van der Waals surface area contributed by atoms with Crippen LogP contribution in [0.1, 0.15) is 32.6 Å². The molecule has 0 aromatic carbocycles. The second-order valence-corrected chi connectivity index (χ2v) is 3.96. The van der Waals surface area contributed by atoms with Gasteiger partial charge in [-0.15, -0.1) is 6.58 Å². The first kappa shape index (κ1) is 10.3. The predicted molar refractivity (Wildman–Crippen MR) is 52.3 cm³/mol. The van der Waals surface area contributed by atoms with Crippen LogP contribution in [0.5, 0.6) is 0 Å². The second-order valence-electron chi connectivity index (χ2n) is 3.96. The normalized spacial score (nSPS) is 22.3. The van der Waals surface area contributed by atoms with Crippen LogP contribution in [0.3, 0.4) is 0 Å². The minimum Gasteiger partial charge on any atom is -0.468 e. The second kappa shape index (κ2) is 3.95. The van der Waals surface area contributed by atoms with E-state index in [0.29, 0.717) is 5.92 Å². The zero-order valence-corrected chi connectivity index (χ0v) is 8.51. The lowest BCUT2D eigenvalue weighted by Gasteiger charge is -2.29. The zero-order chi connectivity index (χ0) is 9.90. The monoisotopic (exact) mass is 182 g/mol. The molecule has 0 spiro atoms. The van der Waals surface area contributed by atoms with Crippen LogP contribution < -0.4 is 0 Å². The zero-order valence-electron chi connectivity index (χ0n) is 8.51. The highest BCUT2D eigenvalue weighted by molar-refractivity contribution is 5.78. The number of methoxy groups -OCH3 is 1. The molecule has 0 saturated heterocycles. The van der Waals surface area contributed by atoms with Gasteiger partial charge in [-0.05, 0) is 25.7 Å². The van der Waals surface area contributed by atoms with Gasteiger partial charge in [0.1, 0.15) is 0 Å². The maximum atomic E-state index is 11.6. The van der Waals surface area contributed by atoms with Crippen LogP contribution in [-0.2, 0) is 9.53 Å². The lowest BCUT2D eigenvalue weighted by molar-refractivity contribution is -0.151. The topological polar surface area (TPSA) is 26.3 Å². The summed E-state index contributed by atoms with van der Waals surface area (Å²) < 4.78 is 4.81. The third-order valence-electron chi connectivity index (χ3n) is 3.25. The molecule has 1 fully saturated rings. The number of carbonyl (C=O) groups excluding carboxylic acids is 1. The van der Waals surface area contributed by atoms with Gasteiger partial charge in [-0.1, -0.05) is 18.9 Å². The molecule has 1 aliphatic rings. The van der Waals surface area contributed by atoms with Crippen LogP contribution in [0.25, 0.3) is 0 Å². The van der Waals surface area contributed by atoms with E-state index in [1.54, 1.807) is 6.08 Å². The number of hydrogen-bond donors (Lipinski definition) is 0. The first-order valence-corrected chi connectivity index (χ1v) is 4.87. The summed E-state index contributed by atoms with van der Waals surface area (Å²) in [5.74, 6) is 0.284. The summed E-state index contributed by atoms with van der Waals surface area (Å²) in [6.45, 7) is 5.68. The minimum atomic E-state index is -0.467. The minimum absolute atomic E-state index is 0.144. The fraction of sp³-hybridized carbons (Fsp3) is 0.727. The third-order valence-corrected chi connectivity index (χ3v) is 3.25. The third kappa shape index (κ3) is 1.77. The summed E-state index contributed by atoms with van der Waals surface area (Å²) in [6.07, 6.45) is 6.44. The van der Waals surface area contributed by atoms with Gasteiger partial charge in [-0.25, -0.2) is 0 Å². The van der Waals surface area contributed by atoms with Crippen LogP contribution in [0, 0.1) is 11.3 Å². The van der Waals surface area contributed by atoms with Crippen molar-refractivity contribution in [1.29, 1.82) is 0 Å². The van der Waals surface area contributed by atoms with Crippen molar-refractivity contribution in [3.63, 3.8) is 0 Å². The van der Waals surface area contributed by atoms with Crippen molar-refractivity contribution in [2.75, 3.05) is 7.11 Å². The molecule has 0 unspecified atom stereocenters. The molecular formula is C11H18O2. The molecule has 13 heavy (non-hydrogen) atoms. The summed E-state index contributed by atoms with van der Waals surface area (Å²) in [5, 5.41) is 0. The van der Waals surface area contributed by atoms with Gasteiger partial charge in [0.05, 0.1) is 12.5 Å². The Morgan fingerprint density at radius 1 is 1.54 bits per heavy atom. The number of hydrogen-bond acceptors (Lipinski definition) is 2. The smallest absolute Gasteiger partial charge is 0.315 e. The van der Waals surface area contributed by atoms with Gasteiger partial charge in [0.15, 0.2) is 0 Å². The average molecular weight is 182 g/mol. The van der Waals surface area contributed by atoms with E-state index in [1.807, 2.05) is 6.92 Å². The lowest BCUT2D eigenvalue weighted by Crippen LogP contribution is -2.33. The van der Waals surface area contributed by atoms with Gasteiger partial charge in [-0.2, -0.15) is 0 Å². The molecule has 0 aliphatic heterocycles. The van der Waals surface area contributed by atoms with Crippen molar-refractivity contribution in [1.82, 2.24) is 0 Å². The van der Waals surface area contributed by atoms with Crippen molar-refractivity contribution < 1.29 is 9.53 Å². The number of esters is 1. The highest BCUT2D eigenvalue weighted by Gasteiger charge is 2.40. The Hall–Kier alpha value is -0.790. The molecule has 0 aromatic rings. The number of ether oxygens (including phenoxy) is 1. The summed E-state index contributed by atoms with van der Waals surface area (Å²) >= 11 is 0. The van der Waals surface area contributed by atoms with Crippen LogP contribution in [0.15, 0.2) is 12.7 Å². The molecule has 2 heteroatoms. The van der Waals surface area contributed by atoms with E-state index >= 15 is 0 Å². The molecule has 1 saturated carbocycles. The van der Waals surface area contributed by atoms with E-state index < -0.39 is 5.41 Å². The predicted octanol–water partition coefficient (Wildman–Crippen LogP) is 2.54. The van der Waals surface area contributed by atoms with Crippen LogP contribution >= 0.6 is 0 Å². The van der Waals surface area contributed by atoms with E-state index in [0.717, 1.165) is 12.8 Å². The van der Waals surface area contributed by atoms with Gasteiger partial charge in [-0.3, -0.25) is 4.79 Å². The van der Waals surface area contributed by atoms with Crippen LogP contribution in [0.2, 0.25) is 0 Å². The van der Waals surface area contributed by atoms with E-state index in [2.05, 4.69) is 6.58 Å². The number of carbonyl (C=O) groups is 1. The summed E-state index contributed by atoms with van der Waals surface area (Å²) in [5.41, 5.74) is -0.467. The molecule has 2 nitrogen and oxygen atoms in total. The largest absolute Gasteiger partial charge is 0.468 e. The van der Waals surface area contributed by atoms with Crippen LogP contribution in [-0.4, -0.2) is 13.1 Å². The Kier molecular flexibility index (Phi) is 3.12. The van der Waals surface area contributed by atoms with Gasteiger partial charge in [0.25, 0.3) is 0 Å². The van der Waals surface area contributed by atoms with E-state index in [4.69, 9.17) is 4.74 Å². The summed E-state index contributed by atoms with van der Waals surface area (Å²) in [4.78, 5) is 11.6. The Bertz CT molecular complexity index is 204. The molecule has 1 aliphatic carbocycles. The fourth-order valence-corrected chi connectivity index (χ4v) is 2.16. The Morgan fingerprint density at radius 3 is 2.46 bits per heavy atom. The molecule has 0 bridgehead atoms.